The second-order valence-electron chi connectivity index (χ2n) is 3.61. The Labute approximate surface area is 90.1 Å². The van der Waals surface area contributed by atoms with E-state index in [2.05, 4.69) is 4.98 Å². The molecule has 0 aliphatic heterocycles. The van der Waals surface area contributed by atoms with Crippen molar-refractivity contribution in [3.8, 4) is 0 Å². The molecule has 1 atom stereocenters. The topological polar surface area (TPSA) is 59.2 Å². The minimum absolute atomic E-state index is 0.123. The van der Waals surface area contributed by atoms with Gasteiger partial charge in [0, 0.05) is 19.3 Å². The van der Waals surface area contributed by atoms with Crippen LogP contribution in [0.15, 0.2) is 18.3 Å². The monoisotopic (exact) mass is 207 g/mol. The highest BCUT2D eigenvalue weighted by molar-refractivity contribution is 5.97. The number of nitrogens with two attached hydrogens (primary N) is 1. The predicted octanol–water partition coefficient (Wildman–Crippen LogP) is 1.53. The van der Waals surface area contributed by atoms with E-state index in [1.165, 1.54) is 0 Å². The minimum atomic E-state index is -0.123. The third kappa shape index (κ3) is 2.46. The van der Waals surface area contributed by atoms with Gasteiger partial charge in [-0.2, -0.15) is 0 Å². The van der Waals surface area contributed by atoms with Crippen LogP contribution in [0, 0.1) is 0 Å². The highest BCUT2D eigenvalue weighted by atomic mass is 16.2. The number of rotatable bonds is 3. The van der Waals surface area contributed by atoms with Crippen molar-refractivity contribution in [3.05, 3.63) is 24.0 Å². The molecule has 4 nitrogen and oxygen atoms in total. The van der Waals surface area contributed by atoms with Crippen molar-refractivity contribution in [1.29, 1.82) is 0 Å². The summed E-state index contributed by atoms with van der Waals surface area (Å²) in [5, 5.41) is 0. The second-order valence-corrected chi connectivity index (χ2v) is 3.61. The van der Waals surface area contributed by atoms with Crippen molar-refractivity contribution in [2.75, 3.05) is 12.8 Å². The fraction of sp³-hybridized carbons (Fsp3) is 0.455. The van der Waals surface area contributed by atoms with Crippen LogP contribution in [0.25, 0.3) is 0 Å². The molecule has 1 aromatic rings. The first-order valence-corrected chi connectivity index (χ1v) is 5.05. The van der Waals surface area contributed by atoms with Crippen LogP contribution in [0.2, 0.25) is 0 Å². The Hall–Kier alpha value is -1.58. The third-order valence-electron chi connectivity index (χ3n) is 2.61. The fourth-order valence-electron chi connectivity index (χ4n) is 1.24. The molecule has 0 radical (unpaired) electrons. The number of pyridine rings is 1. The standard InChI is InChI=1S/C11H17N3O/c1-4-8(2)14(3)11(15)10-9(12)6-5-7-13-10/h5-8H,4,12H2,1-3H3. The normalized spacial score (nSPS) is 12.2. The largest absolute Gasteiger partial charge is 0.397 e. The summed E-state index contributed by atoms with van der Waals surface area (Å²) >= 11 is 0. The molecule has 15 heavy (non-hydrogen) atoms. The van der Waals surface area contributed by atoms with E-state index in [9.17, 15) is 4.79 Å². The molecule has 2 N–H and O–H groups in total. The van der Waals surface area contributed by atoms with E-state index < -0.39 is 0 Å². The number of aromatic nitrogens is 1. The van der Waals surface area contributed by atoms with Crippen molar-refractivity contribution in [2.45, 2.75) is 26.3 Å². The quantitative estimate of drug-likeness (QED) is 0.817. The van der Waals surface area contributed by atoms with Gasteiger partial charge in [-0.1, -0.05) is 6.92 Å². The molecule has 0 aliphatic carbocycles. The second kappa shape index (κ2) is 4.77. The van der Waals surface area contributed by atoms with E-state index in [0.29, 0.717) is 11.4 Å². The Morgan fingerprint density at radius 2 is 2.33 bits per heavy atom. The summed E-state index contributed by atoms with van der Waals surface area (Å²) in [5.41, 5.74) is 6.45. The van der Waals surface area contributed by atoms with Crippen molar-refractivity contribution in [2.24, 2.45) is 0 Å². The van der Waals surface area contributed by atoms with Gasteiger partial charge in [0.2, 0.25) is 0 Å². The molecule has 1 aromatic heterocycles. The maximum Gasteiger partial charge on any atom is 0.274 e. The zero-order chi connectivity index (χ0) is 11.4. The molecular formula is C11H17N3O. The molecule has 82 valence electrons. The summed E-state index contributed by atoms with van der Waals surface area (Å²) < 4.78 is 0. The molecule has 1 amide bonds. The van der Waals surface area contributed by atoms with Gasteiger partial charge in [-0.25, -0.2) is 4.98 Å². The van der Waals surface area contributed by atoms with Crippen LogP contribution >= 0.6 is 0 Å². The maximum atomic E-state index is 11.9. The van der Waals surface area contributed by atoms with E-state index in [1.54, 1.807) is 30.3 Å². The lowest BCUT2D eigenvalue weighted by molar-refractivity contribution is 0.0736. The van der Waals surface area contributed by atoms with Crippen LogP contribution in [-0.4, -0.2) is 28.9 Å². The molecule has 1 heterocycles. The highest BCUT2D eigenvalue weighted by Gasteiger charge is 2.18. The van der Waals surface area contributed by atoms with Crippen LogP contribution in [0.3, 0.4) is 0 Å². The predicted molar refractivity (Wildman–Crippen MR) is 60.5 cm³/mol. The Morgan fingerprint density at radius 1 is 1.67 bits per heavy atom. The lowest BCUT2D eigenvalue weighted by atomic mass is 10.2. The van der Waals surface area contributed by atoms with Crippen LogP contribution in [-0.2, 0) is 0 Å². The molecule has 0 saturated carbocycles. The first kappa shape index (κ1) is 11.5. The maximum absolute atomic E-state index is 11.9. The number of amides is 1. The number of carbonyl (C=O) groups is 1. The third-order valence-corrected chi connectivity index (χ3v) is 2.61. The lowest BCUT2D eigenvalue weighted by Crippen LogP contribution is -2.35. The first-order chi connectivity index (χ1) is 7.07. The van der Waals surface area contributed by atoms with E-state index in [1.807, 2.05) is 13.8 Å². The van der Waals surface area contributed by atoms with E-state index in [4.69, 9.17) is 5.73 Å². The lowest BCUT2D eigenvalue weighted by Gasteiger charge is -2.23. The Balaban J connectivity index is 2.90. The van der Waals surface area contributed by atoms with Gasteiger partial charge in [-0.15, -0.1) is 0 Å². The Morgan fingerprint density at radius 3 is 2.87 bits per heavy atom. The molecule has 0 spiro atoms. The average Bonchev–Trinajstić information content (AvgIpc) is 2.26. The molecule has 0 bridgehead atoms. The molecule has 0 fully saturated rings. The van der Waals surface area contributed by atoms with Gasteiger partial charge < -0.3 is 10.6 Å². The number of nitrogen functional groups attached to an aromatic ring is 1. The summed E-state index contributed by atoms with van der Waals surface area (Å²) in [5.74, 6) is -0.123. The molecule has 4 heteroatoms. The SMILES string of the molecule is CCC(C)N(C)C(=O)c1ncccc1N. The fourth-order valence-corrected chi connectivity index (χ4v) is 1.24. The van der Waals surface area contributed by atoms with Gasteiger partial charge in [-0.05, 0) is 25.5 Å². The number of hydrogen-bond donors (Lipinski definition) is 1. The molecular weight excluding hydrogens is 190 g/mol. The van der Waals surface area contributed by atoms with Gasteiger partial charge in [0.05, 0.1) is 5.69 Å². The molecule has 0 saturated heterocycles. The van der Waals surface area contributed by atoms with E-state index in [0.717, 1.165) is 6.42 Å². The zero-order valence-corrected chi connectivity index (χ0v) is 9.40. The van der Waals surface area contributed by atoms with Gasteiger partial charge in [0.15, 0.2) is 5.69 Å². The van der Waals surface area contributed by atoms with Crippen LogP contribution < -0.4 is 5.73 Å². The number of anilines is 1. The smallest absolute Gasteiger partial charge is 0.274 e. The number of nitrogens with zero attached hydrogens (tertiary/aromatic N) is 2. The summed E-state index contributed by atoms with van der Waals surface area (Å²) in [6, 6.07) is 3.60. The summed E-state index contributed by atoms with van der Waals surface area (Å²) in [7, 11) is 1.77. The van der Waals surface area contributed by atoms with Crippen molar-refractivity contribution in [1.82, 2.24) is 9.88 Å². The van der Waals surface area contributed by atoms with Crippen molar-refractivity contribution < 1.29 is 4.79 Å². The van der Waals surface area contributed by atoms with E-state index in [-0.39, 0.29) is 11.9 Å². The van der Waals surface area contributed by atoms with Gasteiger partial charge in [0.25, 0.3) is 5.91 Å². The highest BCUT2D eigenvalue weighted by Crippen LogP contribution is 2.12. The van der Waals surface area contributed by atoms with Crippen LogP contribution in [0.4, 0.5) is 5.69 Å². The van der Waals surface area contributed by atoms with Crippen LogP contribution in [0.5, 0.6) is 0 Å². The number of carbonyl (C=O) groups excluding carboxylic acids is 1. The van der Waals surface area contributed by atoms with E-state index >= 15 is 0 Å². The van der Waals surface area contributed by atoms with Gasteiger partial charge in [-0.3, -0.25) is 4.79 Å². The van der Waals surface area contributed by atoms with Gasteiger partial charge in [0.1, 0.15) is 0 Å². The summed E-state index contributed by atoms with van der Waals surface area (Å²) in [4.78, 5) is 17.6. The Bertz CT molecular complexity index is 351. The minimum Gasteiger partial charge on any atom is -0.397 e. The van der Waals surface area contributed by atoms with Crippen molar-refractivity contribution in [3.63, 3.8) is 0 Å². The number of hydrogen-bond acceptors (Lipinski definition) is 3. The summed E-state index contributed by atoms with van der Waals surface area (Å²) in [6.45, 7) is 4.03. The summed E-state index contributed by atoms with van der Waals surface area (Å²) in [6.07, 6.45) is 2.49. The first-order valence-electron chi connectivity index (χ1n) is 5.05. The van der Waals surface area contributed by atoms with Gasteiger partial charge >= 0.3 is 0 Å². The molecule has 1 rings (SSSR count). The Kier molecular flexibility index (Phi) is 3.66. The zero-order valence-electron chi connectivity index (χ0n) is 9.40. The molecule has 0 aromatic carbocycles. The average molecular weight is 207 g/mol. The van der Waals surface area contributed by atoms with Crippen LogP contribution in [0.1, 0.15) is 30.8 Å². The molecule has 0 aliphatic rings. The molecule has 1 unspecified atom stereocenters. The van der Waals surface area contributed by atoms with Crippen molar-refractivity contribution >= 4 is 11.6 Å².